The number of rotatable bonds is 10. The molecular formula is C23H33ClN7O8S+. The first kappa shape index (κ1) is 30.1. The molecule has 0 aliphatic carbocycles. The summed E-state index contributed by atoms with van der Waals surface area (Å²) in [5.41, 5.74) is 6.64. The topological polar surface area (TPSA) is 202 Å². The molecule has 1 aromatic carbocycles. The molecule has 1 saturated heterocycles. The fraction of sp³-hybridized carbons (Fsp3) is 0.522. The second kappa shape index (κ2) is 11.6. The van der Waals surface area contributed by atoms with Gasteiger partial charge in [0.1, 0.15) is 36.1 Å². The van der Waals surface area contributed by atoms with Crippen LogP contribution in [0.3, 0.4) is 0 Å². The third-order valence-electron chi connectivity index (χ3n) is 7.34. The number of nitrogens with one attached hydrogen (secondary N) is 1. The lowest BCUT2D eigenvalue weighted by atomic mass is 10.1. The summed E-state index contributed by atoms with van der Waals surface area (Å²) >= 11 is 5.73. The number of carbonyl (C=O) groups excluding carboxylic acids is 1. The van der Waals surface area contributed by atoms with Crippen LogP contribution in [-0.4, -0.2) is 99.7 Å². The molecule has 3 heterocycles. The number of aliphatic hydroxyl groups excluding tert-OH is 2. The smallest absolute Gasteiger partial charge is 0.362 e. The zero-order valence-corrected chi connectivity index (χ0v) is 23.7. The molecule has 40 heavy (non-hydrogen) atoms. The van der Waals surface area contributed by atoms with E-state index in [2.05, 4.69) is 30.7 Å². The maximum absolute atomic E-state index is 12.3. The van der Waals surface area contributed by atoms with Crippen molar-refractivity contribution in [1.29, 1.82) is 0 Å². The molecule has 5 atom stereocenters. The van der Waals surface area contributed by atoms with Gasteiger partial charge >= 0.3 is 10.3 Å². The lowest BCUT2D eigenvalue weighted by Gasteiger charge is -2.46. The molecule has 0 spiro atoms. The number of aliphatic imine (C=N–C) groups is 1. The Hall–Kier alpha value is -2.83. The quantitative estimate of drug-likeness (QED) is 0.234. The standard InChI is InChI=1S/C23H32ClN7O8S/c1-4-31(5-2,6-3)30-12-27-21-17(20(30)25)26-11-29(21)23-19(34)18(33)16(39-23)10-38-40(36,37)28-22(35)14-8-7-13(24)9-15(14)32/h7-9,11-12,16,18-20,23,33-34H,4-6,10,25H2,1-3H3,(H-,28,32,35)/p+1/t16-,18?,19?,20?,23-/m1/s1. The summed E-state index contributed by atoms with van der Waals surface area (Å²) in [7, 11) is -4.69. The molecule has 17 heteroatoms. The average molecular weight is 603 g/mol. The lowest BCUT2D eigenvalue weighted by Crippen LogP contribution is -2.62. The van der Waals surface area contributed by atoms with E-state index in [1.807, 2.05) is 5.01 Å². The van der Waals surface area contributed by atoms with Crippen molar-refractivity contribution in [3.05, 3.63) is 40.8 Å². The van der Waals surface area contributed by atoms with Gasteiger partial charge in [-0.1, -0.05) is 11.6 Å². The maximum Gasteiger partial charge on any atom is 0.362 e. The molecule has 4 rings (SSSR count). The number of imidazole rings is 1. The van der Waals surface area contributed by atoms with Crippen LogP contribution in [0.4, 0.5) is 5.82 Å². The van der Waals surface area contributed by atoms with Crippen LogP contribution < -0.4 is 10.5 Å². The Kier molecular flexibility index (Phi) is 8.72. The fourth-order valence-electron chi connectivity index (χ4n) is 4.89. The number of hydrogen-bond donors (Lipinski definition) is 5. The number of ether oxygens (including phenoxy) is 1. The number of phenolic OH excluding ortho intramolecular Hbond substituents is 1. The van der Waals surface area contributed by atoms with Crippen molar-refractivity contribution in [3.8, 4) is 5.75 Å². The highest BCUT2D eigenvalue weighted by molar-refractivity contribution is 7.85. The number of benzene rings is 1. The summed E-state index contributed by atoms with van der Waals surface area (Å²) in [4.78, 5) is 21.2. The van der Waals surface area contributed by atoms with Crippen molar-refractivity contribution in [2.45, 2.75) is 51.5 Å². The van der Waals surface area contributed by atoms with Crippen LogP contribution in [0.25, 0.3) is 0 Å². The second-order valence-electron chi connectivity index (χ2n) is 9.35. The number of quaternary nitrogens is 1. The molecule has 220 valence electrons. The van der Waals surface area contributed by atoms with E-state index < -0.39 is 59.3 Å². The Morgan fingerprint density at radius 3 is 2.52 bits per heavy atom. The minimum Gasteiger partial charge on any atom is -0.507 e. The van der Waals surface area contributed by atoms with Crippen molar-refractivity contribution in [1.82, 2.24) is 19.3 Å². The van der Waals surface area contributed by atoms with Crippen LogP contribution in [-0.2, 0) is 19.2 Å². The molecule has 2 aliphatic rings. The number of amides is 1. The normalized spacial score (nSPS) is 24.8. The van der Waals surface area contributed by atoms with Gasteiger partial charge in [-0.25, -0.2) is 19.3 Å². The van der Waals surface area contributed by atoms with E-state index >= 15 is 0 Å². The van der Waals surface area contributed by atoms with E-state index in [4.69, 9.17) is 26.3 Å². The molecule has 1 fully saturated rings. The van der Waals surface area contributed by atoms with Gasteiger partial charge < -0.3 is 25.8 Å². The number of nitrogens with zero attached hydrogens (tertiary/aromatic N) is 5. The van der Waals surface area contributed by atoms with Crippen LogP contribution >= 0.6 is 11.6 Å². The van der Waals surface area contributed by atoms with E-state index in [1.165, 1.54) is 17.0 Å². The van der Waals surface area contributed by atoms with E-state index in [-0.39, 0.29) is 10.6 Å². The van der Waals surface area contributed by atoms with Gasteiger partial charge in [0, 0.05) is 5.02 Å². The molecule has 1 aromatic heterocycles. The molecule has 0 saturated carbocycles. The van der Waals surface area contributed by atoms with Gasteiger partial charge in [0.25, 0.3) is 5.91 Å². The Morgan fingerprint density at radius 2 is 1.90 bits per heavy atom. The fourth-order valence-corrected chi connectivity index (χ4v) is 5.77. The highest BCUT2D eigenvalue weighted by Crippen LogP contribution is 2.38. The lowest BCUT2D eigenvalue weighted by molar-refractivity contribution is -1.02. The van der Waals surface area contributed by atoms with Gasteiger partial charge in [0.15, 0.2) is 18.2 Å². The highest BCUT2D eigenvalue weighted by atomic mass is 35.5. The summed E-state index contributed by atoms with van der Waals surface area (Å²) in [6.45, 7) is 7.78. The number of aliphatic hydroxyl groups is 2. The van der Waals surface area contributed by atoms with Gasteiger partial charge in [-0.05, 0) is 39.0 Å². The van der Waals surface area contributed by atoms with Crippen LogP contribution in [0.2, 0.25) is 5.02 Å². The third-order valence-corrected chi connectivity index (χ3v) is 8.45. The van der Waals surface area contributed by atoms with Crippen molar-refractivity contribution < 1.29 is 42.0 Å². The van der Waals surface area contributed by atoms with Crippen LogP contribution in [0, 0.1) is 0 Å². The molecule has 2 aliphatic heterocycles. The molecular weight excluding hydrogens is 570 g/mol. The Balaban J connectivity index is 1.45. The predicted octanol–water partition coefficient (Wildman–Crippen LogP) is 0.277. The zero-order chi connectivity index (χ0) is 29.4. The average Bonchev–Trinajstić information content (AvgIpc) is 3.46. The SMILES string of the molecule is CC[N+](CC)(CC)N1C=Nc2c(ncn2[C@@H]2O[C@H](COS(=O)(=O)NC(=O)c3ccc(Cl)cc3O)C(O)C2O)C1N. The van der Waals surface area contributed by atoms with Crippen LogP contribution in [0.15, 0.2) is 29.5 Å². The van der Waals surface area contributed by atoms with Gasteiger partial charge in [0.2, 0.25) is 0 Å². The van der Waals surface area contributed by atoms with E-state index in [9.17, 15) is 28.5 Å². The van der Waals surface area contributed by atoms with Gasteiger partial charge in [-0.2, -0.15) is 13.4 Å². The molecule has 0 bridgehead atoms. The van der Waals surface area contributed by atoms with E-state index in [1.54, 1.807) is 11.1 Å². The molecule has 3 unspecified atom stereocenters. The summed E-state index contributed by atoms with van der Waals surface area (Å²) in [6.07, 6.45) is -3.15. The van der Waals surface area contributed by atoms with Gasteiger partial charge in [-0.15, -0.1) is 0 Å². The van der Waals surface area contributed by atoms with E-state index in [0.717, 1.165) is 31.8 Å². The highest BCUT2D eigenvalue weighted by Gasteiger charge is 2.47. The summed E-state index contributed by atoms with van der Waals surface area (Å²) in [5, 5.41) is 33.2. The Labute approximate surface area is 236 Å². The molecule has 6 N–H and O–H groups in total. The molecule has 2 aromatic rings. The summed E-state index contributed by atoms with van der Waals surface area (Å²) < 4.78 is 38.9. The number of nitrogens with two attached hydrogens (primary N) is 1. The number of halogens is 1. The molecule has 0 radical (unpaired) electrons. The summed E-state index contributed by atoms with van der Waals surface area (Å²) in [5.74, 6) is -1.37. The van der Waals surface area contributed by atoms with E-state index in [0.29, 0.717) is 16.1 Å². The first-order chi connectivity index (χ1) is 18.9. The van der Waals surface area contributed by atoms with Gasteiger partial charge in [0.05, 0.1) is 38.1 Å². The first-order valence-electron chi connectivity index (χ1n) is 12.6. The first-order valence-corrected chi connectivity index (χ1v) is 14.4. The number of fused-ring (bicyclic) bond motifs is 1. The number of aromatic hydroxyl groups is 1. The minimum atomic E-state index is -4.69. The van der Waals surface area contributed by atoms with Crippen LogP contribution in [0.1, 0.15) is 49.2 Å². The largest absolute Gasteiger partial charge is 0.507 e. The predicted molar refractivity (Wildman–Crippen MR) is 142 cm³/mol. The number of aromatic nitrogens is 2. The number of carbonyl (C=O) groups is 1. The molecule has 15 nitrogen and oxygen atoms in total. The van der Waals surface area contributed by atoms with Crippen molar-refractivity contribution in [3.63, 3.8) is 0 Å². The number of hydrogen-bond acceptors (Lipinski definition) is 12. The van der Waals surface area contributed by atoms with Crippen molar-refractivity contribution >= 4 is 40.0 Å². The van der Waals surface area contributed by atoms with Crippen molar-refractivity contribution in [2.75, 3.05) is 26.2 Å². The maximum atomic E-state index is 12.3. The summed E-state index contributed by atoms with van der Waals surface area (Å²) in [6, 6.07) is 3.51. The van der Waals surface area contributed by atoms with Gasteiger partial charge in [-0.3, -0.25) is 13.5 Å². The Bertz CT molecular complexity index is 1370. The second-order valence-corrected chi connectivity index (χ2v) is 11.1. The van der Waals surface area contributed by atoms with Crippen LogP contribution in [0.5, 0.6) is 5.75 Å². The monoisotopic (exact) mass is 602 g/mol. The number of phenols is 1. The molecule has 1 amide bonds. The zero-order valence-electron chi connectivity index (χ0n) is 22.1. The van der Waals surface area contributed by atoms with Crippen molar-refractivity contribution in [2.24, 2.45) is 10.7 Å². The third kappa shape index (κ3) is 5.53. The minimum absolute atomic E-state index is 0.146. The Morgan fingerprint density at radius 1 is 1.23 bits per heavy atom.